The van der Waals surface area contributed by atoms with Gasteiger partial charge in [0.15, 0.2) is 0 Å². The van der Waals surface area contributed by atoms with Crippen LogP contribution < -0.4 is 0 Å². The van der Waals surface area contributed by atoms with Crippen molar-refractivity contribution in [3.05, 3.63) is 242 Å². The van der Waals surface area contributed by atoms with Crippen molar-refractivity contribution in [1.29, 1.82) is 0 Å². The SMILES string of the molecule is Oc1ccc(Cc2cc(-c3cccc4c3Cc3ccccc3-4)cc(Cc3cc(Cc4cc(-c5cccc6c5Cc5ccccc5-6)cc(Cc5ccc(O)cc5)c4O)c(O)c(C4CCCCC4)c3)c2O)cc1. The van der Waals surface area contributed by atoms with Gasteiger partial charge in [0.05, 0.1) is 0 Å². The first kappa shape index (κ1) is 44.2. The molecule has 0 bridgehead atoms. The number of aromatic hydroxyl groups is 5. The molecule has 9 aromatic carbocycles. The van der Waals surface area contributed by atoms with Gasteiger partial charge in [-0.2, -0.15) is 0 Å². The van der Waals surface area contributed by atoms with Gasteiger partial charge in [-0.3, -0.25) is 0 Å². The summed E-state index contributed by atoms with van der Waals surface area (Å²) < 4.78 is 0. The van der Waals surface area contributed by atoms with Crippen LogP contribution in [0.2, 0.25) is 0 Å². The Bertz CT molecular complexity index is 3510. The van der Waals surface area contributed by atoms with Gasteiger partial charge in [0.2, 0.25) is 0 Å². The van der Waals surface area contributed by atoms with E-state index in [0.717, 1.165) is 111 Å². The number of phenols is 5. The highest BCUT2D eigenvalue weighted by Gasteiger charge is 2.27. The number of phenolic OH excluding ortho intramolecular Hbond substituents is 5. The lowest BCUT2D eigenvalue weighted by Crippen LogP contribution is -2.08. The molecule has 3 aliphatic rings. The van der Waals surface area contributed by atoms with Gasteiger partial charge < -0.3 is 25.5 Å². The van der Waals surface area contributed by atoms with E-state index in [-0.39, 0.29) is 34.7 Å². The van der Waals surface area contributed by atoms with Gasteiger partial charge >= 0.3 is 0 Å². The number of fused-ring (bicyclic) bond motifs is 6. The topological polar surface area (TPSA) is 101 Å². The lowest BCUT2D eigenvalue weighted by atomic mass is 9.81. The van der Waals surface area contributed by atoms with E-state index in [1.807, 2.05) is 24.3 Å². The summed E-state index contributed by atoms with van der Waals surface area (Å²) in [6.45, 7) is 0. The van der Waals surface area contributed by atoms with E-state index in [0.29, 0.717) is 25.7 Å². The predicted molar refractivity (Wildman–Crippen MR) is 285 cm³/mol. The van der Waals surface area contributed by atoms with Crippen molar-refractivity contribution in [3.63, 3.8) is 0 Å². The molecule has 71 heavy (non-hydrogen) atoms. The minimum absolute atomic E-state index is 0.194. The first-order valence-corrected chi connectivity index (χ1v) is 25.2. The van der Waals surface area contributed by atoms with Gasteiger partial charge in [-0.15, -0.1) is 0 Å². The van der Waals surface area contributed by atoms with Crippen LogP contribution in [-0.4, -0.2) is 25.5 Å². The van der Waals surface area contributed by atoms with Gasteiger partial charge in [0.25, 0.3) is 0 Å². The van der Waals surface area contributed by atoms with E-state index in [2.05, 4.69) is 121 Å². The molecular formula is C66H56O5. The molecule has 0 aromatic heterocycles. The molecule has 12 rings (SSSR count). The van der Waals surface area contributed by atoms with Gasteiger partial charge in [0.1, 0.15) is 28.7 Å². The van der Waals surface area contributed by atoms with Crippen LogP contribution in [0.3, 0.4) is 0 Å². The van der Waals surface area contributed by atoms with Crippen LogP contribution in [0, 0.1) is 0 Å². The van der Waals surface area contributed by atoms with Gasteiger partial charge in [-0.25, -0.2) is 0 Å². The minimum Gasteiger partial charge on any atom is -0.508 e. The van der Waals surface area contributed by atoms with Crippen molar-refractivity contribution in [2.45, 2.75) is 76.5 Å². The van der Waals surface area contributed by atoms with Gasteiger partial charge in [0, 0.05) is 25.7 Å². The number of benzene rings is 9. The zero-order valence-corrected chi connectivity index (χ0v) is 39.8. The molecule has 0 aliphatic heterocycles. The lowest BCUT2D eigenvalue weighted by Gasteiger charge is -2.25. The molecule has 0 heterocycles. The highest BCUT2D eigenvalue weighted by Crippen LogP contribution is 2.47. The van der Waals surface area contributed by atoms with Gasteiger partial charge in [-0.05, 0) is 197 Å². The standard InChI is InChI=1S/C66H56O5/c67-53-24-20-40(21-25-53)28-48-33-46(57-16-8-18-59-55-14-6-4-12-44(55)38-62(57)59)35-50(64(48)69)30-42-31-51(66(71)61(32-42)43-10-2-1-3-11-43)37-52-36-47(34-49(65(52)70)29-41-22-26-54(68)27-23-41)58-17-9-19-60-56-15-7-5-13-45(56)39-63(58)60/h4-9,12-27,31-36,43,67-71H,1-3,10-11,28-30,37-39H2. The highest BCUT2D eigenvalue weighted by molar-refractivity contribution is 5.87. The van der Waals surface area contributed by atoms with Crippen molar-refractivity contribution >= 4 is 0 Å². The molecule has 0 spiro atoms. The second kappa shape index (κ2) is 18.4. The fourth-order valence-corrected chi connectivity index (χ4v) is 12.1. The molecule has 0 radical (unpaired) electrons. The summed E-state index contributed by atoms with van der Waals surface area (Å²) in [5.41, 5.74) is 22.2. The smallest absolute Gasteiger partial charge is 0.122 e. The zero-order valence-electron chi connectivity index (χ0n) is 39.8. The average molecular weight is 929 g/mol. The first-order chi connectivity index (χ1) is 34.7. The Labute approximate surface area is 415 Å². The molecule has 5 heteroatoms. The maximum absolute atomic E-state index is 12.5. The van der Waals surface area contributed by atoms with Crippen molar-refractivity contribution in [3.8, 4) is 73.3 Å². The van der Waals surface area contributed by atoms with Crippen molar-refractivity contribution in [1.82, 2.24) is 0 Å². The molecular weight excluding hydrogens is 873 g/mol. The third kappa shape index (κ3) is 8.50. The van der Waals surface area contributed by atoms with E-state index in [1.165, 1.54) is 50.9 Å². The summed E-state index contributed by atoms with van der Waals surface area (Å²) in [5.74, 6) is 1.31. The fraction of sp³-hybridized carbons (Fsp3) is 0.182. The normalized spacial score (nSPS) is 13.7. The summed E-state index contributed by atoms with van der Waals surface area (Å²) in [4.78, 5) is 0. The molecule has 3 aliphatic carbocycles. The lowest BCUT2D eigenvalue weighted by molar-refractivity contribution is 0.411. The van der Waals surface area contributed by atoms with Crippen LogP contribution in [0.25, 0.3) is 44.5 Å². The summed E-state index contributed by atoms with van der Waals surface area (Å²) in [6.07, 6.45) is 8.71. The van der Waals surface area contributed by atoms with E-state index in [1.54, 1.807) is 24.3 Å². The quantitative estimate of drug-likeness (QED) is 0.0890. The van der Waals surface area contributed by atoms with Crippen molar-refractivity contribution in [2.24, 2.45) is 0 Å². The monoisotopic (exact) mass is 928 g/mol. The average Bonchev–Trinajstić information content (AvgIpc) is 3.98. The Morgan fingerprint density at radius 3 is 1.24 bits per heavy atom. The number of hydrogen-bond donors (Lipinski definition) is 5. The van der Waals surface area contributed by atoms with E-state index >= 15 is 0 Å². The van der Waals surface area contributed by atoms with Crippen LogP contribution in [0.1, 0.15) is 110 Å². The Balaban J connectivity index is 0.977. The zero-order chi connectivity index (χ0) is 48.2. The summed E-state index contributed by atoms with van der Waals surface area (Å²) >= 11 is 0. The second-order valence-electron chi connectivity index (χ2n) is 20.2. The van der Waals surface area contributed by atoms with E-state index < -0.39 is 0 Å². The minimum atomic E-state index is 0.194. The maximum Gasteiger partial charge on any atom is 0.122 e. The summed E-state index contributed by atoms with van der Waals surface area (Å²) in [5, 5.41) is 57.5. The molecule has 1 fully saturated rings. The largest absolute Gasteiger partial charge is 0.508 e. The van der Waals surface area contributed by atoms with Crippen LogP contribution in [-0.2, 0) is 38.5 Å². The molecule has 0 saturated heterocycles. The second-order valence-corrected chi connectivity index (χ2v) is 20.2. The Morgan fingerprint density at radius 2 is 0.746 bits per heavy atom. The third-order valence-corrected chi connectivity index (χ3v) is 15.6. The molecule has 5 nitrogen and oxygen atoms in total. The molecule has 5 N–H and O–H groups in total. The molecule has 0 unspecified atom stereocenters. The van der Waals surface area contributed by atoms with Crippen LogP contribution >= 0.6 is 0 Å². The molecule has 350 valence electrons. The maximum atomic E-state index is 12.5. The first-order valence-electron chi connectivity index (χ1n) is 25.2. The van der Waals surface area contributed by atoms with Crippen molar-refractivity contribution in [2.75, 3.05) is 0 Å². The summed E-state index contributed by atoms with van der Waals surface area (Å²) in [7, 11) is 0. The van der Waals surface area contributed by atoms with Crippen LogP contribution in [0.4, 0.5) is 0 Å². The van der Waals surface area contributed by atoms with Crippen molar-refractivity contribution < 1.29 is 25.5 Å². The molecule has 9 aromatic rings. The van der Waals surface area contributed by atoms with Gasteiger partial charge in [-0.1, -0.05) is 141 Å². The third-order valence-electron chi connectivity index (χ3n) is 15.6. The molecule has 0 atom stereocenters. The summed E-state index contributed by atoms with van der Waals surface area (Å²) in [6, 6.07) is 57.4. The molecule has 0 amide bonds. The number of rotatable bonds is 11. The Kier molecular flexibility index (Phi) is 11.4. The highest BCUT2D eigenvalue weighted by atomic mass is 16.3. The Morgan fingerprint density at radius 1 is 0.338 bits per heavy atom. The predicted octanol–water partition coefficient (Wildman–Crippen LogP) is 15.1. The fourth-order valence-electron chi connectivity index (χ4n) is 12.1. The van der Waals surface area contributed by atoms with Crippen LogP contribution in [0.5, 0.6) is 28.7 Å². The van der Waals surface area contributed by atoms with Crippen LogP contribution in [0.15, 0.2) is 170 Å². The number of hydrogen-bond acceptors (Lipinski definition) is 5. The van der Waals surface area contributed by atoms with E-state index in [4.69, 9.17) is 0 Å². The molecule has 1 saturated carbocycles. The van der Waals surface area contributed by atoms with E-state index in [9.17, 15) is 25.5 Å². The Hall–Kier alpha value is -8.02.